The largest absolute Gasteiger partial charge is 0.360 e. The zero-order valence-electron chi connectivity index (χ0n) is 15.4. The average Bonchev–Trinajstić information content (AvgIpc) is 3.30. The zero-order chi connectivity index (χ0) is 19.1. The zero-order valence-corrected chi connectivity index (χ0v) is 15.4. The molecule has 5 rings (SSSR count). The number of nitrogens with zero attached hydrogens (tertiary/aromatic N) is 2. The van der Waals surface area contributed by atoms with Gasteiger partial charge in [0.1, 0.15) is 12.0 Å². The number of rotatable bonds is 3. The molecule has 2 atom stereocenters. The van der Waals surface area contributed by atoms with Crippen LogP contribution in [0.15, 0.2) is 61.1 Å². The molecule has 3 aromatic rings. The summed E-state index contributed by atoms with van der Waals surface area (Å²) in [6, 6.07) is 10.7. The van der Waals surface area contributed by atoms with E-state index < -0.39 is 6.17 Å². The number of aromatic nitrogens is 2. The molecule has 142 valence electrons. The maximum absolute atomic E-state index is 13.9. The molecule has 3 nitrogen and oxygen atoms in total. The van der Waals surface area contributed by atoms with E-state index in [1.807, 2.05) is 24.4 Å². The van der Waals surface area contributed by atoms with E-state index in [0.717, 1.165) is 40.9 Å². The smallest absolute Gasteiger partial charge is 0.123 e. The second-order valence-electron chi connectivity index (χ2n) is 7.54. The number of nitrogens with one attached hydrogen (secondary N) is 1. The summed E-state index contributed by atoms with van der Waals surface area (Å²) < 4.78 is 27.7. The highest BCUT2D eigenvalue weighted by Gasteiger charge is 2.34. The molecule has 1 saturated heterocycles. The van der Waals surface area contributed by atoms with Crippen LogP contribution in [0.25, 0.3) is 28.0 Å². The number of fused-ring (bicyclic) bond motifs is 1. The van der Waals surface area contributed by atoms with E-state index >= 15 is 0 Å². The molecule has 0 aliphatic carbocycles. The number of aromatic amines is 1. The van der Waals surface area contributed by atoms with Crippen LogP contribution in [0.4, 0.5) is 8.78 Å². The van der Waals surface area contributed by atoms with Crippen LogP contribution in [0, 0.1) is 5.82 Å². The normalized spacial score (nSPS) is 22.1. The van der Waals surface area contributed by atoms with Crippen molar-refractivity contribution in [1.82, 2.24) is 14.9 Å². The van der Waals surface area contributed by atoms with Crippen molar-refractivity contribution in [3.05, 3.63) is 72.4 Å². The molecule has 2 aromatic heterocycles. The number of hydrogen-bond acceptors (Lipinski definition) is 2. The Kier molecular flexibility index (Phi) is 4.32. The minimum Gasteiger partial charge on any atom is -0.360 e. The molecule has 0 bridgehead atoms. The first-order valence-electron chi connectivity index (χ1n) is 9.66. The summed E-state index contributed by atoms with van der Waals surface area (Å²) in [4.78, 5) is 9.72. The summed E-state index contributed by atoms with van der Waals surface area (Å²) in [5.41, 5.74) is 6.10. The Hall–Kier alpha value is -2.79. The Labute approximate surface area is 162 Å². The molecule has 1 N–H and O–H groups in total. The third-order valence-corrected chi connectivity index (χ3v) is 5.77. The second kappa shape index (κ2) is 6.99. The van der Waals surface area contributed by atoms with Crippen molar-refractivity contribution >= 4 is 5.57 Å². The molecular formula is C23H21F2N3. The van der Waals surface area contributed by atoms with Gasteiger partial charge in [0.05, 0.1) is 5.69 Å². The standard InChI is InChI=1S/C23H21F2N3/c24-18-3-1-2-17(10-18)23-22(15-4-7-26-8-5-15)21(13-27-23)16-6-9-28-14-19(25)12-20(28)11-16/h1-5,7-8,10-11,13,19-20,27H,6,9,12,14H2. The lowest BCUT2D eigenvalue weighted by Gasteiger charge is -2.28. The van der Waals surface area contributed by atoms with Crippen molar-refractivity contribution in [3.63, 3.8) is 0 Å². The number of benzene rings is 1. The van der Waals surface area contributed by atoms with Crippen molar-refractivity contribution in [2.24, 2.45) is 0 Å². The van der Waals surface area contributed by atoms with E-state index in [-0.39, 0.29) is 11.9 Å². The minimum atomic E-state index is -0.741. The highest BCUT2D eigenvalue weighted by atomic mass is 19.1. The third-order valence-electron chi connectivity index (χ3n) is 5.77. The van der Waals surface area contributed by atoms with Crippen LogP contribution in [-0.2, 0) is 0 Å². The van der Waals surface area contributed by atoms with Gasteiger partial charge < -0.3 is 4.98 Å². The number of hydrogen-bond donors (Lipinski definition) is 1. The molecule has 4 heterocycles. The van der Waals surface area contributed by atoms with E-state index in [9.17, 15) is 8.78 Å². The Morgan fingerprint density at radius 1 is 1.11 bits per heavy atom. The molecular weight excluding hydrogens is 356 g/mol. The monoisotopic (exact) mass is 377 g/mol. The van der Waals surface area contributed by atoms with Gasteiger partial charge in [-0.2, -0.15) is 0 Å². The van der Waals surface area contributed by atoms with E-state index in [2.05, 4.69) is 20.9 Å². The van der Waals surface area contributed by atoms with Gasteiger partial charge in [0, 0.05) is 54.4 Å². The number of alkyl halides is 1. The lowest BCUT2D eigenvalue weighted by atomic mass is 9.90. The predicted octanol–water partition coefficient (Wildman–Crippen LogP) is 5.08. The van der Waals surface area contributed by atoms with Gasteiger partial charge in [0.25, 0.3) is 0 Å². The van der Waals surface area contributed by atoms with Gasteiger partial charge in [0.2, 0.25) is 0 Å². The molecule has 2 aliphatic rings. The molecule has 28 heavy (non-hydrogen) atoms. The summed E-state index contributed by atoms with van der Waals surface area (Å²) in [7, 11) is 0. The van der Waals surface area contributed by atoms with Crippen molar-refractivity contribution in [1.29, 1.82) is 0 Å². The van der Waals surface area contributed by atoms with Crippen LogP contribution in [-0.4, -0.2) is 40.2 Å². The third kappa shape index (κ3) is 3.06. The van der Waals surface area contributed by atoms with Crippen molar-refractivity contribution in [3.8, 4) is 22.4 Å². The summed E-state index contributed by atoms with van der Waals surface area (Å²) in [6.07, 6.45) is 8.45. The molecule has 5 heteroatoms. The second-order valence-corrected chi connectivity index (χ2v) is 7.54. The lowest BCUT2D eigenvalue weighted by molar-refractivity contribution is 0.266. The lowest BCUT2D eigenvalue weighted by Crippen LogP contribution is -2.32. The van der Waals surface area contributed by atoms with Gasteiger partial charge >= 0.3 is 0 Å². The topological polar surface area (TPSA) is 31.9 Å². The summed E-state index contributed by atoms with van der Waals surface area (Å²) in [5, 5.41) is 0. The first-order chi connectivity index (χ1) is 13.7. The fourth-order valence-electron chi connectivity index (χ4n) is 4.48. The molecule has 0 amide bonds. The highest BCUT2D eigenvalue weighted by molar-refractivity contribution is 5.91. The molecule has 1 aromatic carbocycles. The first-order valence-corrected chi connectivity index (χ1v) is 9.66. The van der Waals surface area contributed by atoms with E-state index in [0.29, 0.717) is 13.0 Å². The minimum absolute atomic E-state index is 0.163. The average molecular weight is 377 g/mol. The highest BCUT2D eigenvalue weighted by Crippen LogP contribution is 2.41. The fraction of sp³-hybridized carbons (Fsp3) is 0.261. The summed E-state index contributed by atoms with van der Waals surface area (Å²) >= 11 is 0. The Morgan fingerprint density at radius 3 is 2.79 bits per heavy atom. The number of H-pyrrole nitrogens is 1. The molecule has 2 aliphatic heterocycles. The Balaban J connectivity index is 1.64. The predicted molar refractivity (Wildman–Crippen MR) is 107 cm³/mol. The Bertz CT molecular complexity index is 1030. The van der Waals surface area contributed by atoms with Crippen molar-refractivity contribution < 1.29 is 8.78 Å². The van der Waals surface area contributed by atoms with Crippen LogP contribution in [0.2, 0.25) is 0 Å². The van der Waals surface area contributed by atoms with Crippen molar-refractivity contribution in [2.45, 2.75) is 25.1 Å². The molecule has 0 radical (unpaired) electrons. The maximum Gasteiger partial charge on any atom is 0.123 e. The fourth-order valence-corrected chi connectivity index (χ4v) is 4.48. The Morgan fingerprint density at radius 2 is 1.96 bits per heavy atom. The number of pyridine rings is 1. The number of halogens is 2. The van der Waals surface area contributed by atoms with Gasteiger partial charge in [-0.15, -0.1) is 0 Å². The van der Waals surface area contributed by atoms with Gasteiger partial charge in [0.15, 0.2) is 0 Å². The molecule has 2 unspecified atom stereocenters. The quantitative estimate of drug-likeness (QED) is 0.690. The van der Waals surface area contributed by atoms with Crippen molar-refractivity contribution in [2.75, 3.05) is 13.1 Å². The van der Waals surface area contributed by atoms with Gasteiger partial charge in [-0.3, -0.25) is 9.88 Å². The van der Waals surface area contributed by atoms with E-state index in [1.165, 1.54) is 11.6 Å². The van der Waals surface area contributed by atoms with Crippen LogP contribution < -0.4 is 0 Å². The van der Waals surface area contributed by atoms with Gasteiger partial charge in [-0.1, -0.05) is 18.2 Å². The van der Waals surface area contributed by atoms with Gasteiger partial charge in [-0.05, 0) is 48.2 Å². The van der Waals surface area contributed by atoms with E-state index in [1.54, 1.807) is 24.5 Å². The van der Waals surface area contributed by atoms with Crippen LogP contribution in [0.5, 0.6) is 0 Å². The van der Waals surface area contributed by atoms with Crippen LogP contribution in [0.1, 0.15) is 18.4 Å². The SMILES string of the molecule is Fc1cccc(-c2[nH]cc(C3=CC4CC(F)CN4CC3)c2-c2ccncc2)c1. The summed E-state index contributed by atoms with van der Waals surface area (Å²) in [5.74, 6) is -0.262. The first kappa shape index (κ1) is 17.3. The maximum atomic E-state index is 13.9. The molecule has 0 spiro atoms. The van der Waals surface area contributed by atoms with Crippen LogP contribution in [0.3, 0.4) is 0 Å². The molecule has 0 saturated carbocycles. The van der Waals surface area contributed by atoms with E-state index in [4.69, 9.17) is 0 Å². The summed E-state index contributed by atoms with van der Waals surface area (Å²) in [6.45, 7) is 1.40. The van der Waals surface area contributed by atoms with Crippen LogP contribution >= 0.6 is 0 Å². The molecule has 1 fully saturated rings. The van der Waals surface area contributed by atoms with Gasteiger partial charge in [-0.25, -0.2) is 8.78 Å².